The zero-order valence-electron chi connectivity index (χ0n) is 14.1. The molecular weight excluding hydrogens is 278 g/mol. The molecule has 116 valence electrons. The molecule has 0 aliphatic rings. The lowest BCUT2D eigenvalue weighted by Gasteiger charge is -2.11. The van der Waals surface area contributed by atoms with Crippen LogP contribution in [0.2, 0.25) is 0 Å². The van der Waals surface area contributed by atoms with Gasteiger partial charge in [-0.2, -0.15) is 0 Å². The fraction of sp³-hybridized carbons (Fsp3) is 0.227. The largest absolute Gasteiger partial charge is 0.256 e. The molecule has 1 heterocycles. The first-order valence-electron chi connectivity index (χ1n) is 8.25. The van der Waals surface area contributed by atoms with Crippen LogP contribution in [0.5, 0.6) is 0 Å². The molecule has 23 heavy (non-hydrogen) atoms. The number of benzene rings is 2. The van der Waals surface area contributed by atoms with Crippen molar-refractivity contribution in [1.82, 2.24) is 4.98 Å². The standard InChI is InChI=1S/C22H23N/c1-16(2)12-18-8-7-11-20(14-18)21-15-23-22(13-17(21)3)19-9-5-4-6-10-19/h4-11,13-16H,12H2,1-3H3. The van der Waals surface area contributed by atoms with Crippen LogP contribution in [0.1, 0.15) is 25.0 Å². The van der Waals surface area contributed by atoms with Gasteiger partial charge in [-0.25, -0.2) is 0 Å². The van der Waals surface area contributed by atoms with Gasteiger partial charge in [0.1, 0.15) is 0 Å². The summed E-state index contributed by atoms with van der Waals surface area (Å²) in [6, 6.07) is 21.4. The topological polar surface area (TPSA) is 12.9 Å². The van der Waals surface area contributed by atoms with Gasteiger partial charge in [0.25, 0.3) is 0 Å². The number of aryl methyl sites for hydroxylation is 1. The molecule has 1 heteroatoms. The van der Waals surface area contributed by atoms with Crippen LogP contribution in [0, 0.1) is 12.8 Å². The lowest BCUT2D eigenvalue weighted by Crippen LogP contribution is -1.95. The van der Waals surface area contributed by atoms with Gasteiger partial charge in [-0.1, -0.05) is 68.4 Å². The van der Waals surface area contributed by atoms with Crippen LogP contribution < -0.4 is 0 Å². The van der Waals surface area contributed by atoms with E-state index in [1.54, 1.807) is 0 Å². The summed E-state index contributed by atoms with van der Waals surface area (Å²) in [5.41, 5.74) is 7.33. The zero-order valence-corrected chi connectivity index (χ0v) is 14.1. The number of rotatable bonds is 4. The number of hydrogen-bond acceptors (Lipinski definition) is 1. The molecule has 3 rings (SSSR count). The van der Waals surface area contributed by atoms with Crippen LogP contribution in [0.25, 0.3) is 22.4 Å². The summed E-state index contributed by atoms with van der Waals surface area (Å²) in [5, 5.41) is 0. The Hall–Kier alpha value is -2.41. The maximum absolute atomic E-state index is 4.68. The summed E-state index contributed by atoms with van der Waals surface area (Å²) >= 11 is 0. The van der Waals surface area contributed by atoms with E-state index < -0.39 is 0 Å². The highest BCUT2D eigenvalue weighted by atomic mass is 14.7. The number of pyridine rings is 1. The summed E-state index contributed by atoms with van der Waals surface area (Å²) in [4.78, 5) is 4.68. The molecule has 0 aliphatic carbocycles. The smallest absolute Gasteiger partial charge is 0.0705 e. The van der Waals surface area contributed by atoms with Crippen LogP contribution in [0.3, 0.4) is 0 Å². The zero-order chi connectivity index (χ0) is 16.2. The Balaban J connectivity index is 1.95. The van der Waals surface area contributed by atoms with Crippen LogP contribution in [0.15, 0.2) is 66.9 Å². The minimum Gasteiger partial charge on any atom is -0.256 e. The molecule has 3 aromatic rings. The fourth-order valence-corrected chi connectivity index (χ4v) is 2.96. The number of hydrogen-bond donors (Lipinski definition) is 0. The van der Waals surface area contributed by atoms with E-state index in [-0.39, 0.29) is 0 Å². The van der Waals surface area contributed by atoms with E-state index in [0.29, 0.717) is 5.92 Å². The summed E-state index contributed by atoms with van der Waals surface area (Å²) < 4.78 is 0. The average molecular weight is 301 g/mol. The lowest BCUT2D eigenvalue weighted by molar-refractivity contribution is 0.647. The maximum Gasteiger partial charge on any atom is 0.0705 e. The van der Waals surface area contributed by atoms with Gasteiger partial charge in [-0.05, 0) is 42.0 Å². The van der Waals surface area contributed by atoms with E-state index in [1.165, 1.54) is 22.3 Å². The summed E-state index contributed by atoms with van der Waals surface area (Å²) in [6.45, 7) is 6.68. The van der Waals surface area contributed by atoms with Crippen molar-refractivity contribution in [3.8, 4) is 22.4 Å². The Kier molecular flexibility index (Phi) is 4.57. The van der Waals surface area contributed by atoms with Crippen molar-refractivity contribution in [1.29, 1.82) is 0 Å². The second kappa shape index (κ2) is 6.78. The Morgan fingerprint density at radius 1 is 0.870 bits per heavy atom. The van der Waals surface area contributed by atoms with Crippen molar-refractivity contribution in [3.63, 3.8) is 0 Å². The summed E-state index contributed by atoms with van der Waals surface area (Å²) in [7, 11) is 0. The summed E-state index contributed by atoms with van der Waals surface area (Å²) in [6.07, 6.45) is 3.12. The quantitative estimate of drug-likeness (QED) is 0.582. The first-order valence-corrected chi connectivity index (χ1v) is 8.25. The molecule has 1 nitrogen and oxygen atoms in total. The fourth-order valence-electron chi connectivity index (χ4n) is 2.96. The highest BCUT2D eigenvalue weighted by Gasteiger charge is 2.07. The van der Waals surface area contributed by atoms with Crippen molar-refractivity contribution < 1.29 is 0 Å². The molecule has 0 aliphatic heterocycles. The van der Waals surface area contributed by atoms with Crippen molar-refractivity contribution >= 4 is 0 Å². The van der Waals surface area contributed by atoms with Gasteiger partial charge in [0.15, 0.2) is 0 Å². The van der Waals surface area contributed by atoms with Gasteiger partial charge in [0, 0.05) is 17.3 Å². The highest BCUT2D eigenvalue weighted by Crippen LogP contribution is 2.27. The molecule has 0 radical (unpaired) electrons. The third kappa shape index (κ3) is 3.68. The predicted octanol–water partition coefficient (Wildman–Crippen LogP) is 5.92. The van der Waals surface area contributed by atoms with Gasteiger partial charge in [-0.3, -0.25) is 4.98 Å². The van der Waals surface area contributed by atoms with Crippen LogP contribution in [-0.2, 0) is 6.42 Å². The third-order valence-corrected chi connectivity index (χ3v) is 4.06. The minimum absolute atomic E-state index is 0.671. The molecule has 0 bridgehead atoms. The lowest BCUT2D eigenvalue weighted by atomic mass is 9.96. The number of nitrogens with zero attached hydrogens (tertiary/aromatic N) is 1. The Morgan fingerprint density at radius 3 is 2.30 bits per heavy atom. The van der Waals surface area contributed by atoms with E-state index in [4.69, 9.17) is 0 Å². The molecule has 2 aromatic carbocycles. The number of aromatic nitrogens is 1. The first kappa shape index (κ1) is 15.5. The normalized spacial score (nSPS) is 11.0. The van der Waals surface area contributed by atoms with Gasteiger partial charge in [-0.15, -0.1) is 0 Å². The molecule has 0 amide bonds. The van der Waals surface area contributed by atoms with E-state index in [1.807, 2.05) is 12.3 Å². The van der Waals surface area contributed by atoms with Crippen molar-refractivity contribution in [3.05, 3.63) is 78.0 Å². The molecule has 0 fully saturated rings. The second-order valence-corrected chi connectivity index (χ2v) is 6.55. The van der Waals surface area contributed by atoms with Crippen LogP contribution in [-0.4, -0.2) is 4.98 Å². The Bertz CT molecular complexity index is 788. The molecule has 0 atom stereocenters. The van der Waals surface area contributed by atoms with Crippen LogP contribution in [0.4, 0.5) is 0 Å². The SMILES string of the molecule is Cc1cc(-c2ccccc2)ncc1-c1cccc(CC(C)C)c1. The predicted molar refractivity (Wildman–Crippen MR) is 98.4 cm³/mol. The van der Waals surface area contributed by atoms with E-state index in [2.05, 4.69) is 80.4 Å². The van der Waals surface area contributed by atoms with Gasteiger partial charge >= 0.3 is 0 Å². The van der Waals surface area contributed by atoms with Crippen LogP contribution >= 0.6 is 0 Å². The molecule has 0 N–H and O–H groups in total. The molecule has 0 unspecified atom stereocenters. The molecule has 1 aromatic heterocycles. The van der Waals surface area contributed by atoms with E-state index >= 15 is 0 Å². The third-order valence-electron chi connectivity index (χ3n) is 4.06. The van der Waals surface area contributed by atoms with Gasteiger partial charge in [0.05, 0.1) is 5.69 Å². The Morgan fingerprint density at radius 2 is 1.61 bits per heavy atom. The molecular formula is C22H23N. The highest BCUT2D eigenvalue weighted by molar-refractivity contribution is 5.70. The monoisotopic (exact) mass is 301 g/mol. The summed E-state index contributed by atoms with van der Waals surface area (Å²) in [5.74, 6) is 0.671. The van der Waals surface area contributed by atoms with Crippen molar-refractivity contribution in [2.75, 3.05) is 0 Å². The molecule has 0 saturated heterocycles. The molecule has 0 saturated carbocycles. The van der Waals surface area contributed by atoms with E-state index in [0.717, 1.165) is 17.7 Å². The van der Waals surface area contributed by atoms with E-state index in [9.17, 15) is 0 Å². The van der Waals surface area contributed by atoms with Gasteiger partial charge < -0.3 is 0 Å². The maximum atomic E-state index is 4.68. The first-order chi connectivity index (χ1) is 11.1. The van der Waals surface area contributed by atoms with Crippen molar-refractivity contribution in [2.45, 2.75) is 27.2 Å². The minimum atomic E-state index is 0.671. The van der Waals surface area contributed by atoms with Gasteiger partial charge in [0.2, 0.25) is 0 Å². The van der Waals surface area contributed by atoms with Crippen molar-refractivity contribution in [2.24, 2.45) is 5.92 Å². The Labute approximate surface area is 139 Å². The molecule has 0 spiro atoms. The second-order valence-electron chi connectivity index (χ2n) is 6.55. The average Bonchev–Trinajstić information content (AvgIpc) is 2.55.